The molecule has 2 aromatic heterocycles. The van der Waals surface area contributed by atoms with Crippen molar-refractivity contribution in [1.29, 1.82) is 0 Å². The van der Waals surface area contributed by atoms with Gasteiger partial charge in [-0.1, -0.05) is 0 Å². The number of nitrogens with two attached hydrogens (primary N) is 1. The van der Waals surface area contributed by atoms with E-state index >= 15 is 0 Å². The first-order valence-corrected chi connectivity index (χ1v) is 2.96. The van der Waals surface area contributed by atoms with Crippen molar-refractivity contribution in [3.05, 3.63) is 22.9 Å². The molecule has 0 amide bonds. The van der Waals surface area contributed by atoms with Crippen molar-refractivity contribution in [3.63, 3.8) is 0 Å². The Labute approximate surface area is 60.7 Å². The van der Waals surface area contributed by atoms with Crippen LogP contribution in [0.25, 0.3) is 5.65 Å². The van der Waals surface area contributed by atoms with Crippen molar-refractivity contribution in [2.75, 3.05) is 5.73 Å². The molecule has 0 unspecified atom stereocenters. The molecule has 2 heterocycles. The van der Waals surface area contributed by atoms with Gasteiger partial charge in [0.05, 0.1) is 0 Å². The summed E-state index contributed by atoms with van der Waals surface area (Å²) in [5, 5.41) is 5.91. The first-order valence-electron chi connectivity index (χ1n) is 2.96. The highest BCUT2D eigenvalue weighted by Crippen LogP contribution is 2.00. The Kier molecular flexibility index (Phi) is 0.974. The van der Waals surface area contributed by atoms with Crippen molar-refractivity contribution < 1.29 is 0 Å². The fourth-order valence-corrected chi connectivity index (χ4v) is 0.862. The van der Waals surface area contributed by atoms with Gasteiger partial charge in [-0.15, -0.1) is 5.10 Å². The summed E-state index contributed by atoms with van der Waals surface area (Å²) in [4.78, 5) is 14.6. The maximum atomic E-state index is 10.9. The molecule has 11 heavy (non-hydrogen) atoms. The van der Waals surface area contributed by atoms with Crippen LogP contribution in [0.4, 0.5) is 5.82 Å². The van der Waals surface area contributed by atoms with E-state index in [9.17, 15) is 4.79 Å². The minimum Gasteiger partial charge on any atom is -0.381 e. The molecule has 0 radical (unpaired) electrons. The molecule has 56 valence electrons. The van der Waals surface area contributed by atoms with Gasteiger partial charge in [0, 0.05) is 12.4 Å². The van der Waals surface area contributed by atoms with E-state index in [1.807, 2.05) is 0 Å². The summed E-state index contributed by atoms with van der Waals surface area (Å²) in [6.45, 7) is 0. The van der Waals surface area contributed by atoms with E-state index in [4.69, 9.17) is 5.73 Å². The number of aromatic nitrogens is 4. The number of anilines is 1. The average molecular weight is 151 g/mol. The number of nitrogens with zero attached hydrogens (tertiary/aromatic N) is 3. The first-order chi connectivity index (χ1) is 5.29. The third-order valence-corrected chi connectivity index (χ3v) is 1.36. The van der Waals surface area contributed by atoms with Crippen LogP contribution in [0.1, 0.15) is 0 Å². The zero-order valence-corrected chi connectivity index (χ0v) is 5.48. The maximum absolute atomic E-state index is 10.9. The fourth-order valence-electron chi connectivity index (χ4n) is 0.862. The summed E-state index contributed by atoms with van der Waals surface area (Å²) >= 11 is 0. The molecule has 0 saturated heterocycles. The van der Waals surface area contributed by atoms with Gasteiger partial charge in [0.1, 0.15) is 0 Å². The second-order valence-electron chi connectivity index (χ2n) is 2.03. The predicted octanol–water partition coefficient (Wildman–Crippen LogP) is -1.00. The van der Waals surface area contributed by atoms with Crippen LogP contribution in [-0.4, -0.2) is 19.6 Å². The molecule has 0 spiro atoms. The van der Waals surface area contributed by atoms with Crippen molar-refractivity contribution in [2.45, 2.75) is 0 Å². The van der Waals surface area contributed by atoms with Gasteiger partial charge in [-0.3, -0.25) is 0 Å². The Bertz CT molecular complexity index is 441. The second-order valence-corrected chi connectivity index (χ2v) is 2.03. The van der Waals surface area contributed by atoms with E-state index in [0.717, 1.165) is 0 Å². The van der Waals surface area contributed by atoms with Crippen LogP contribution in [0.5, 0.6) is 0 Å². The molecule has 0 bridgehead atoms. The zero-order chi connectivity index (χ0) is 7.84. The van der Waals surface area contributed by atoms with Crippen LogP contribution in [-0.2, 0) is 0 Å². The van der Waals surface area contributed by atoms with E-state index < -0.39 is 0 Å². The van der Waals surface area contributed by atoms with Crippen molar-refractivity contribution in [1.82, 2.24) is 19.6 Å². The minimum absolute atomic E-state index is 0.242. The monoisotopic (exact) mass is 151 g/mol. The van der Waals surface area contributed by atoms with Gasteiger partial charge in [-0.25, -0.2) is 19.3 Å². The molecule has 2 rings (SSSR count). The Balaban J connectivity index is 3.06. The summed E-state index contributed by atoms with van der Waals surface area (Å²) in [7, 11) is 0. The van der Waals surface area contributed by atoms with Gasteiger partial charge in [0.15, 0.2) is 5.82 Å². The molecule has 0 fully saturated rings. The summed E-state index contributed by atoms with van der Waals surface area (Å²) in [6.07, 6.45) is 2.94. The van der Waals surface area contributed by atoms with Gasteiger partial charge in [0.2, 0.25) is 5.65 Å². The van der Waals surface area contributed by atoms with Gasteiger partial charge in [0.25, 0.3) is 0 Å². The molecule has 0 aliphatic heterocycles. The number of H-pyrrole nitrogens is 1. The third kappa shape index (κ3) is 0.689. The van der Waals surface area contributed by atoms with E-state index in [1.165, 1.54) is 16.8 Å². The van der Waals surface area contributed by atoms with Crippen LogP contribution < -0.4 is 11.4 Å². The molecule has 0 saturated carbocycles. The van der Waals surface area contributed by atoms with Gasteiger partial charge in [-0.2, -0.15) is 0 Å². The lowest BCUT2D eigenvalue weighted by Crippen LogP contribution is -2.09. The van der Waals surface area contributed by atoms with E-state index in [-0.39, 0.29) is 11.5 Å². The Hall–Kier alpha value is -1.85. The topological polar surface area (TPSA) is 89.1 Å². The van der Waals surface area contributed by atoms with E-state index in [0.29, 0.717) is 5.65 Å². The highest BCUT2D eigenvalue weighted by Gasteiger charge is 2.01. The standard InChI is InChI=1S/C5H5N5O/c6-3-4-8-9-5(11)10(4)2-1-7-3/h1-2H,(H2,6,7)(H,9,11). The predicted molar refractivity (Wildman–Crippen MR) is 38.0 cm³/mol. The molecule has 0 aromatic carbocycles. The first kappa shape index (κ1) is 5.90. The van der Waals surface area contributed by atoms with Crippen molar-refractivity contribution >= 4 is 11.5 Å². The van der Waals surface area contributed by atoms with Gasteiger partial charge in [-0.05, 0) is 0 Å². The van der Waals surface area contributed by atoms with Crippen LogP contribution in [0, 0.1) is 0 Å². The maximum Gasteiger partial charge on any atom is 0.347 e. The number of hydrogen-bond acceptors (Lipinski definition) is 4. The largest absolute Gasteiger partial charge is 0.381 e. The summed E-state index contributed by atoms with van der Waals surface area (Å²) < 4.78 is 1.29. The molecular weight excluding hydrogens is 146 g/mol. The number of aromatic amines is 1. The molecule has 0 aliphatic rings. The van der Waals surface area contributed by atoms with Crippen LogP contribution in [0.3, 0.4) is 0 Å². The smallest absolute Gasteiger partial charge is 0.347 e. The van der Waals surface area contributed by atoms with Crippen LogP contribution >= 0.6 is 0 Å². The van der Waals surface area contributed by atoms with Gasteiger partial charge < -0.3 is 5.73 Å². The average Bonchev–Trinajstić information content (AvgIpc) is 2.35. The summed E-state index contributed by atoms with van der Waals surface area (Å²) in [5.74, 6) is 0.242. The number of fused-ring (bicyclic) bond motifs is 1. The quantitative estimate of drug-likeness (QED) is 0.505. The molecule has 0 atom stereocenters. The van der Waals surface area contributed by atoms with Gasteiger partial charge >= 0.3 is 5.69 Å². The minimum atomic E-state index is -0.311. The van der Waals surface area contributed by atoms with Crippen molar-refractivity contribution in [2.24, 2.45) is 0 Å². The number of nitrogen functional groups attached to an aromatic ring is 1. The lowest BCUT2D eigenvalue weighted by molar-refractivity contribution is 1.02. The highest BCUT2D eigenvalue weighted by atomic mass is 16.1. The highest BCUT2D eigenvalue weighted by molar-refractivity contribution is 5.57. The summed E-state index contributed by atoms with van der Waals surface area (Å²) in [6, 6.07) is 0. The Morgan fingerprint density at radius 3 is 3.18 bits per heavy atom. The molecule has 6 heteroatoms. The van der Waals surface area contributed by atoms with Crippen LogP contribution in [0.2, 0.25) is 0 Å². The lowest BCUT2D eigenvalue weighted by Gasteiger charge is -1.91. The van der Waals surface area contributed by atoms with E-state index in [1.54, 1.807) is 0 Å². The molecule has 6 nitrogen and oxygen atoms in total. The van der Waals surface area contributed by atoms with E-state index in [2.05, 4.69) is 15.2 Å². The number of rotatable bonds is 0. The number of nitrogens with one attached hydrogen (secondary N) is 1. The Morgan fingerprint density at radius 2 is 2.45 bits per heavy atom. The molecule has 3 N–H and O–H groups in total. The van der Waals surface area contributed by atoms with Crippen molar-refractivity contribution in [3.8, 4) is 0 Å². The molecule has 2 aromatic rings. The Morgan fingerprint density at radius 1 is 1.64 bits per heavy atom. The summed E-state index contributed by atoms with van der Waals surface area (Å²) in [5.41, 5.74) is 5.46. The molecular formula is C5H5N5O. The number of hydrogen-bond donors (Lipinski definition) is 2. The lowest BCUT2D eigenvalue weighted by atomic mass is 10.6. The van der Waals surface area contributed by atoms with Crippen LogP contribution in [0.15, 0.2) is 17.2 Å². The second kappa shape index (κ2) is 1.82. The third-order valence-electron chi connectivity index (χ3n) is 1.36. The zero-order valence-electron chi connectivity index (χ0n) is 5.48. The fraction of sp³-hybridized carbons (Fsp3) is 0. The molecule has 0 aliphatic carbocycles. The normalized spacial score (nSPS) is 10.5. The SMILES string of the molecule is Nc1nccn2c(=O)[nH]nc12.